The number of nitrogens with zero attached hydrogens (tertiary/aromatic N) is 2. The van der Waals surface area contributed by atoms with Gasteiger partial charge in [0.15, 0.2) is 0 Å². The second-order valence-corrected chi connectivity index (χ2v) is 6.38. The summed E-state index contributed by atoms with van der Waals surface area (Å²) < 4.78 is 0. The van der Waals surface area contributed by atoms with E-state index in [9.17, 15) is 5.11 Å². The predicted molar refractivity (Wildman–Crippen MR) is 93.2 cm³/mol. The number of halogens is 2. The van der Waals surface area contributed by atoms with Gasteiger partial charge in [-0.25, -0.2) is 0 Å². The number of benzene rings is 1. The molecule has 0 aliphatic carbocycles. The molecular weight excluding hydrogens is 319 g/mol. The summed E-state index contributed by atoms with van der Waals surface area (Å²) in [5, 5.41) is 10.7. The van der Waals surface area contributed by atoms with Crippen LogP contribution in [0.25, 0.3) is 0 Å². The summed E-state index contributed by atoms with van der Waals surface area (Å²) in [5.41, 5.74) is 3.74. The van der Waals surface area contributed by atoms with Gasteiger partial charge in [0.05, 0.1) is 28.1 Å². The Balaban J connectivity index is 2.40. The van der Waals surface area contributed by atoms with Crippen molar-refractivity contribution >= 4 is 28.9 Å². The molecule has 1 aromatic carbocycles. The Morgan fingerprint density at radius 3 is 2.68 bits per heavy atom. The third-order valence-corrected chi connectivity index (χ3v) is 4.41. The maximum Gasteiger partial charge on any atom is 0.0666 e. The van der Waals surface area contributed by atoms with Gasteiger partial charge < -0.3 is 10.0 Å². The molecule has 0 saturated heterocycles. The smallest absolute Gasteiger partial charge is 0.0666 e. The average Bonchev–Trinajstić information content (AvgIpc) is 2.50. The normalized spacial score (nSPS) is 17.0. The molecule has 1 N–H and O–H groups in total. The largest absolute Gasteiger partial charge is 0.392 e. The van der Waals surface area contributed by atoms with Crippen LogP contribution in [0.1, 0.15) is 26.3 Å². The molecule has 118 valence electrons. The molecule has 3 nitrogen and oxygen atoms in total. The number of aliphatic imine (C=N–C) groups is 1. The lowest BCUT2D eigenvalue weighted by atomic mass is 9.99. The molecule has 0 unspecified atom stereocenters. The monoisotopic (exact) mass is 338 g/mol. The fourth-order valence-electron chi connectivity index (χ4n) is 2.42. The highest BCUT2D eigenvalue weighted by molar-refractivity contribution is 6.42. The van der Waals surface area contributed by atoms with E-state index in [0.29, 0.717) is 16.6 Å². The lowest BCUT2D eigenvalue weighted by Gasteiger charge is -2.30. The van der Waals surface area contributed by atoms with Gasteiger partial charge in [0, 0.05) is 18.9 Å². The number of hydrogen-bond acceptors (Lipinski definition) is 3. The Kier molecular flexibility index (Phi) is 5.68. The van der Waals surface area contributed by atoms with E-state index in [1.807, 2.05) is 25.3 Å². The number of aliphatic hydroxyl groups is 1. The molecule has 1 aliphatic rings. The summed E-state index contributed by atoms with van der Waals surface area (Å²) in [5.74, 6) is 0.263. The van der Waals surface area contributed by atoms with E-state index in [4.69, 9.17) is 23.2 Å². The summed E-state index contributed by atoms with van der Waals surface area (Å²) in [4.78, 5) is 6.54. The molecule has 1 aliphatic heterocycles. The first-order chi connectivity index (χ1) is 10.5. The first kappa shape index (κ1) is 17.1. The van der Waals surface area contributed by atoms with Crippen LogP contribution >= 0.6 is 23.2 Å². The van der Waals surface area contributed by atoms with E-state index < -0.39 is 0 Å². The first-order valence-electron chi connectivity index (χ1n) is 7.20. The summed E-state index contributed by atoms with van der Waals surface area (Å²) in [7, 11) is 0. The van der Waals surface area contributed by atoms with E-state index in [1.54, 1.807) is 12.3 Å². The maximum atomic E-state index is 9.56. The Morgan fingerprint density at radius 1 is 1.32 bits per heavy atom. The van der Waals surface area contributed by atoms with Crippen LogP contribution in [0.2, 0.25) is 10.0 Å². The zero-order valence-corrected chi connectivity index (χ0v) is 14.5. The highest BCUT2D eigenvalue weighted by Gasteiger charge is 2.22. The van der Waals surface area contributed by atoms with Crippen LogP contribution in [0.3, 0.4) is 0 Å². The molecule has 0 atom stereocenters. The van der Waals surface area contributed by atoms with Crippen molar-refractivity contribution in [2.75, 3.05) is 6.61 Å². The fraction of sp³-hybridized carbons (Fsp3) is 0.353. The Hall–Kier alpha value is -1.29. The highest BCUT2D eigenvalue weighted by Crippen LogP contribution is 2.30. The van der Waals surface area contributed by atoms with Gasteiger partial charge in [-0.2, -0.15) is 0 Å². The van der Waals surface area contributed by atoms with Crippen LogP contribution in [0.5, 0.6) is 0 Å². The Morgan fingerprint density at radius 2 is 2.05 bits per heavy atom. The SMILES string of the molecule is C/C(CO)=C1/C(C(C)C)=NC=CN1Cc1cccc(Cl)c1Cl. The van der Waals surface area contributed by atoms with Crippen LogP contribution in [-0.4, -0.2) is 22.3 Å². The van der Waals surface area contributed by atoms with Crippen molar-refractivity contribution in [2.45, 2.75) is 27.3 Å². The van der Waals surface area contributed by atoms with E-state index in [2.05, 4.69) is 23.7 Å². The van der Waals surface area contributed by atoms with Crippen LogP contribution in [-0.2, 0) is 6.54 Å². The van der Waals surface area contributed by atoms with Crippen molar-refractivity contribution in [3.8, 4) is 0 Å². The third kappa shape index (κ3) is 3.54. The molecule has 2 rings (SSSR count). The minimum Gasteiger partial charge on any atom is -0.392 e. The number of aliphatic hydroxyl groups excluding tert-OH is 1. The summed E-state index contributed by atoms with van der Waals surface area (Å²) in [6.07, 6.45) is 3.68. The lowest BCUT2D eigenvalue weighted by molar-refractivity contribution is 0.324. The van der Waals surface area contributed by atoms with Crippen LogP contribution in [0, 0.1) is 5.92 Å². The quantitative estimate of drug-likeness (QED) is 0.867. The molecule has 0 spiro atoms. The van der Waals surface area contributed by atoms with Gasteiger partial charge in [-0.3, -0.25) is 4.99 Å². The van der Waals surface area contributed by atoms with Crippen molar-refractivity contribution < 1.29 is 5.11 Å². The van der Waals surface area contributed by atoms with Crippen molar-refractivity contribution in [3.05, 3.63) is 57.5 Å². The summed E-state index contributed by atoms with van der Waals surface area (Å²) in [6.45, 7) is 6.67. The zero-order chi connectivity index (χ0) is 16.3. The van der Waals surface area contributed by atoms with Gasteiger partial charge in [-0.05, 0) is 30.0 Å². The molecule has 22 heavy (non-hydrogen) atoms. The van der Waals surface area contributed by atoms with Crippen LogP contribution in [0.4, 0.5) is 0 Å². The van der Waals surface area contributed by atoms with Crippen molar-refractivity contribution in [1.29, 1.82) is 0 Å². The molecular formula is C17H20Cl2N2O. The molecule has 0 bridgehead atoms. The maximum absolute atomic E-state index is 9.56. The molecule has 0 aromatic heterocycles. The molecule has 0 saturated carbocycles. The lowest BCUT2D eigenvalue weighted by Crippen LogP contribution is -2.29. The topological polar surface area (TPSA) is 35.8 Å². The highest BCUT2D eigenvalue weighted by atomic mass is 35.5. The number of rotatable bonds is 4. The van der Waals surface area contributed by atoms with Gasteiger partial charge in [0.1, 0.15) is 0 Å². The van der Waals surface area contributed by atoms with Gasteiger partial charge in [0.25, 0.3) is 0 Å². The molecule has 0 fully saturated rings. The zero-order valence-electron chi connectivity index (χ0n) is 13.0. The average molecular weight is 339 g/mol. The van der Waals surface area contributed by atoms with E-state index in [-0.39, 0.29) is 12.5 Å². The first-order valence-corrected chi connectivity index (χ1v) is 7.96. The van der Waals surface area contributed by atoms with E-state index in [0.717, 1.165) is 22.5 Å². The number of allylic oxidation sites excluding steroid dienone is 1. The van der Waals surface area contributed by atoms with Crippen molar-refractivity contribution in [2.24, 2.45) is 10.9 Å². The van der Waals surface area contributed by atoms with Gasteiger partial charge in [-0.15, -0.1) is 0 Å². The fourth-order valence-corrected chi connectivity index (χ4v) is 2.80. The van der Waals surface area contributed by atoms with Gasteiger partial charge in [0.2, 0.25) is 0 Å². The standard InChI is InChI=1S/C17H20Cl2N2O/c1-11(2)16-17(12(3)10-22)21(8-7-20-16)9-13-5-4-6-14(18)15(13)19/h4-8,11,22H,9-10H2,1-3H3/b17-12+. The Bertz CT molecular complexity index is 648. The van der Waals surface area contributed by atoms with Crippen LogP contribution < -0.4 is 0 Å². The minimum atomic E-state index is -0.00527. The molecule has 5 heteroatoms. The predicted octanol–water partition coefficient (Wildman–Crippen LogP) is 4.64. The van der Waals surface area contributed by atoms with Gasteiger partial charge >= 0.3 is 0 Å². The number of hydrogen-bond donors (Lipinski definition) is 1. The van der Waals surface area contributed by atoms with Crippen LogP contribution in [0.15, 0.2) is 46.9 Å². The second kappa shape index (κ2) is 7.32. The van der Waals surface area contributed by atoms with E-state index >= 15 is 0 Å². The molecule has 0 amide bonds. The van der Waals surface area contributed by atoms with Gasteiger partial charge in [-0.1, -0.05) is 49.2 Å². The third-order valence-electron chi connectivity index (χ3n) is 3.55. The molecule has 0 radical (unpaired) electrons. The van der Waals surface area contributed by atoms with Crippen molar-refractivity contribution in [1.82, 2.24) is 4.90 Å². The summed E-state index contributed by atoms with van der Waals surface area (Å²) >= 11 is 12.4. The Labute approximate surface area is 141 Å². The molecule has 1 aromatic rings. The second-order valence-electron chi connectivity index (χ2n) is 5.60. The van der Waals surface area contributed by atoms with Crippen molar-refractivity contribution in [3.63, 3.8) is 0 Å². The van der Waals surface area contributed by atoms with E-state index in [1.165, 1.54) is 0 Å². The molecule has 1 heterocycles. The summed E-state index contributed by atoms with van der Waals surface area (Å²) in [6, 6.07) is 5.61. The minimum absolute atomic E-state index is 0.00527.